The van der Waals surface area contributed by atoms with Crippen LogP contribution in [0.2, 0.25) is 0 Å². The second kappa shape index (κ2) is 22.2. The number of phosphoric acid groups is 3. The highest BCUT2D eigenvalue weighted by molar-refractivity contribution is 8.00. The fraction of sp³-hybridized carbons (Fsp3) is 0.759. The molecule has 0 aromatic carbocycles. The van der Waals surface area contributed by atoms with Crippen LogP contribution in [0.25, 0.3) is 0 Å². The van der Waals surface area contributed by atoms with Gasteiger partial charge in [-0.25, -0.2) is 23.3 Å². The van der Waals surface area contributed by atoms with Gasteiger partial charge < -0.3 is 60.7 Å². The van der Waals surface area contributed by atoms with Crippen LogP contribution >= 0.6 is 35.2 Å². The Kier molecular flexibility index (Phi) is 18.4. The number of unbranched alkanes of at least 4 members (excludes halogenated alkanes) is 3. The number of nitrogens with one attached hydrogen (secondary N) is 5. The Morgan fingerprint density at radius 3 is 2.35 bits per heavy atom. The first kappa shape index (κ1) is 47.2. The predicted molar refractivity (Wildman–Crippen MR) is 201 cm³/mol. The molecule has 24 nitrogen and oxygen atoms in total. The maximum Gasteiger partial charge on any atom is 0.490 e. The quantitative estimate of drug-likeness (QED) is 0.0337. The van der Waals surface area contributed by atoms with Gasteiger partial charge >= 0.3 is 35.2 Å². The van der Waals surface area contributed by atoms with Crippen LogP contribution in [0.15, 0.2) is 17.1 Å². The van der Waals surface area contributed by atoms with Crippen LogP contribution in [0.1, 0.15) is 64.0 Å². The normalized spacial score (nSPS) is 25.2. The number of nitrogens with zero attached hydrogens (tertiary/aromatic N) is 2. The van der Waals surface area contributed by atoms with E-state index >= 15 is 0 Å². The molecule has 4 heterocycles. The van der Waals surface area contributed by atoms with Gasteiger partial charge in [0.1, 0.15) is 18.1 Å². The van der Waals surface area contributed by atoms with Gasteiger partial charge in [0.2, 0.25) is 11.8 Å². The van der Waals surface area contributed by atoms with Crippen molar-refractivity contribution in [2.45, 2.75) is 93.6 Å². The summed E-state index contributed by atoms with van der Waals surface area (Å²) in [5, 5.41) is 25.2. The summed E-state index contributed by atoms with van der Waals surface area (Å²) in [6, 6.07) is 1.75. The highest BCUT2D eigenvalue weighted by Crippen LogP contribution is 2.66. The minimum absolute atomic E-state index is 0.0233. The standard InChI is InChI=1S/C29H50N7O17P3S/c37-20-16-26(51-21(20)17-50-55(45,46)53-56(47,48)52-54(42,43)44)36-13-9-23(34-29(36)41)30-11-14-49-15-12-32-25(39)7-2-1-5-10-31-24(38)8-4-3-6-22-27-19(18-57-22)33-28(40)35-27/h9,13,19-22,26-27,37H,1-8,10-12,14-18H2,(H,31,38)(H,32,39)(H,45,46)(H,47,48)(H,30,34,41)(H2,33,35,40)(H2,42,43,44)/t19-,20-,21+,22+,26+,27-/m0/s1. The zero-order valence-corrected chi connectivity index (χ0v) is 34.2. The van der Waals surface area contributed by atoms with E-state index in [1.54, 1.807) is 0 Å². The van der Waals surface area contributed by atoms with Crippen LogP contribution in [-0.4, -0.2) is 127 Å². The number of thioether (sulfide) groups is 1. The van der Waals surface area contributed by atoms with Crippen molar-refractivity contribution in [1.29, 1.82) is 0 Å². The van der Waals surface area contributed by atoms with E-state index in [0.717, 1.165) is 42.4 Å². The van der Waals surface area contributed by atoms with Crippen molar-refractivity contribution >= 4 is 58.9 Å². The van der Waals surface area contributed by atoms with Crippen LogP contribution in [0.5, 0.6) is 0 Å². The van der Waals surface area contributed by atoms with Gasteiger partial charge in [0.15, 0.2) is 0 Å². The van der Waals surface area contributed by atoms with E-state index in [1.807, 2.05) is 11.8 Å². The predicted octanol–water partition coefficient (Wildman–Crippen LogP) is 0.182. The molecule has 3 fully saturated rings. The molecule has 2 unspecified atom stereocenters. The summed E-state index contributed by atoms with van der Waals surface area (Å²) in [7, 11) is -16.7. The van der Waals surface area contributed by atoms with Gasteiger partial charge in [-0.1, -0.05) is 12.8 Å². The van der Waals surface area contributed by atoms with E-state index in [2.05, 4.69) is 44.7 Å². The van der Waals surface area contributed by atoms with Crippen molar-refractivity contribution in [2.75, 3.05) is 50.5 Å². The molecule has 3 aliphatic rings. The summed E-state index contributed by atoms with van der Waals surface area (Å²) in [6.45, 7) is 0.758. The molecule has 4 amide bonds. The Labute approximate surface area is 331 Å². The van der Waals surface area contributed by atoms with Crippen molar-refractivity contribution in [3.63, 3.8) is 0 Å². The van der Waals surface area contributed by atoms with Crippen molar-refractivity contribution < 1.29 is 75.4 Å². The number of ether oxygens (including phenoxy) is 2. The summed E-state index contributed by atoms with van der Waals surface area (Å²) in [5.41, 5.74) is -0.765. The van der Waals surface area contributed by atoms with Crippen LogP contribution in [0.3, 0.4) is 0 Å². The monoisotopic (exact) mass is 893 g/mol. The van der Waals surface area contributed by atoms with Crippen molar-refractivity contribution in [1.82, 2.24) is 30.8 Å². The Bertz CT molecular complexity index is 1720. The maximum atomic E-state index is 12.6. The first-order chi connectivity index (χ1) is 26.9. The van der Waals surface area contributed by atoms with Gasteiger partial charge in [-0.15, -0.1) is 0 Å². The van der Waals surface area contributed by atoms with Gasteiger partial charge in [-0.3, -0.25) is 18.7 Å². The van der Waals surface area contributed by atoms with Gasteiger partial charge in [0, 0.05) is 56.1 Å². The highest BCUT2D eigenvalue weighted by atomic mass is 32.2. The Morgan fingerprint density at radius 1 is 0.930 bits per heavy atom. The Hall–Kier alpha value is -2.47. The molecule has 324 valence electrons. The number of urea groups is 1. The molecule has 1 aromatic rings. The number of phosphoric ester groups is 1. The number of carbonyl (C=O) groups is 3. The molecule has 1 aromatic heterocycles. The summed E-state index contributed by atoms with van der Waals surface area (Å²) in [6.07, 6.45) is 3.23. The molecule has 28 heteroatoms. The van der Waals surface area contributed by atoms with Crippen LogP contribution in [0, 0.1) is 0 Å². The molecule has 10 N–H and O–H groups in total. The van der Waals surface area contributed by atoms with Crippen LogP contribution < -0.4 is 32.3 Å². The fourth-order valence-corrected chi connectivity index (χ4v) is 10.7. The summed E-state index contributed by atoms with van der Waals surface area (Å²) < 4.78 is 57.9. The van der Waals surface area contributed by atoms with Crippen molar-refractivity contribution in [3.8, 4) is 0 Å². The number of fused-ring (bicyclic) bond motifs is 1. The van der Waals surface area contributed by atoms with E-state index in [0.29, 0.717) is 37.6 Å². The number of aliphatic hydroxyl groups excluding tert-OH is 1. The first-order valence-electron chi connectivity index (χ1n) is 18.1. The number of aliphatic hydroxyl groups is 1. The Balaban J connectivity index is 0.979. The molecule has 0 spiro atoms. The molecular formula is C29H50N7O17P3S. The number of amides is 4. The molecule has 0 bridgehead atoms. The summed E-state index contributed by atoms with van der Waals surface area (Å²) in [5.74, 6) is 1.05. The molecule has 0 saturated carbocycles. The maximum absolute atomic E-state index is 12.6. The molecule has 0 radical (unpaired) electrons. The van der Waals surface area contributed by atoms with Gasteiger partial charge in [-0.2, -0.15) is 25.4 Å². The zero-order chi connectivity index (χ0) is 41.6. The molecule has 3 aliphatic heterocycles. The van der Waals surface area contributed by atoms with E-state index in [9.17, 15) is 47.8 Å². The topological polar surface area (TPSA) is 345 Å². The van der Waals surface area contributed by atoms with Gasteiger partial charge in [0.05, 0.1) is 38.0 Å². The zero-order valence-electron chi connectivity index (χ0n) is 30.7. The lowest BCUT2D eigenvalue weighted by Crippen LogP contribution is -2.36. The number of rotatable bonds is 26. The molecule has 57 heavy (non-hydrogen) atoms. The van der Waals surface area contributed by atoms with E-state index < -0.39 is 54.2 Å². The van der Waals surface area contributed by atoms with Crippen LogP contribution in [0.4, 0.5) is 10.6 Å². The lowest BCUT2D eigenvalue weighted by atomic mass is 10.0. The minimum atomic E-state index is -5.72. The van der Waals surface area contributed by atoms with Gasteiger partial charge in [-0.05, 0) is 31.7 Å². The molecule has 8 atom stereocenters. The lowest BCUT2D eigenvalue weighted by molar-refractivity contribution is -0.122. The lowest BCUT2D eigenvalue weighted by Gasteiger charge is -2.19. The smallest absolute Gasteiger partial charge is 0.390 e. The largest absolute Gasteiger partial charge is 0.490 e. The highest BCUT2D eigenvalue weighted by Gasteiger charge is 2.44. The molecule has 0 aliphatic carbocycles. The minimum Gasteiger partial charge on any atom is -0.390 e. The van der Waals surface area contributed by atoms with E-state index in [-0.39, 0.29) is 61.9 Å². The molecular weight excluding hydrogens is 843 g/mol. The second-order valence-electron chi connectivity index (χ2n) is 13.2. The third-order valence-corrected chi connectivity index (χ3v) is 14.1. The molecule has 4 rings (SSSR count). The fourth-order valence-electron chi connectivity index (χ4n) is 6.12. The second-order valence-corrected chi connectivity index (χ2v) is 18.9. The number of hydrogen-bond acceptors (Lipinski definition) is 16. The van der Waals surface area contributed by atoms with Gasteiger partial charge in [0.25, 0.3) is 0 Å². The number of anilines is 1. The molecule has 3 saturated heterocycles. The van der Waals surface area contributed by atoms with E-state index in [4.69, 9.17) is 19.3 Å². The summed E-state index contributed by atoms with van der Waals surface area (Å²) in [4.78, 5) is 88.3. The van der Waals surface area contributed by atoms with Crippen LogP contribution in [-0.2, 0) is 45.9 Å². The first-order valence-corrected chi connectivity index (χ1v) is 23.7. The van der Waals surface area contributed by atoms with E-state index in [1.165, 1.54) is 12.3 Å². The summed E-state index contributed by atoms with van der Waals surface area (Å²) >= 11 is 1.87. The van der Waals surface area contributed by atoms with Crippen molar-refractivity contribution in [3.05, 3.63) is 22.7 Å². The van der Waals surface area contributed by atoms with Crippen molar-refractivity contribution in [2.24, 2.45) is 0 Å². The number of aromatic nitrogens is 2. The SMILES string of the molecule is O=C(CCCC[C@H]1SC[C@@H]2NC(=O)N[C@@H]21)NCCCCCC(=O)NCCOCCNc1ccn([C@H]2C[C@H](O)[C@@H](COP(=O)(O)OP(=O)(O)OP(=O)(O)O)O2)c(=O)n1. The third kappa shape index (κ3) is 17.0. The Morgan fingerprint density at radius 2 is 1.63 bits per heavy atom. The third-order valence-electron chi connectivity index (χ3n) is 8.77. The average Bonchev–Trinajstić information content (AvgIpc) is 3.78. The number of carbonyl (C=O) groups excluding carboxylic acids is 3. The number of hydrogen-bond donors (Lipinski definition) is 10. The average molecular weight is 894 g/mol.